The minimum absolute atomic E-state index is 0.534. The third kappa shape index (κ3) is 3.72. The second-order valence-corrected chi connectivity index (χ2v) is 6.49. The van der Waals surface area contributed by atoms with Crippen molar-refractivity contribution in [1.82, 2.24) is 15.2 Å². The van der Waals surface area contributed by atoms with Crippen molar-refractivity contribution in [2.24, 2.45) is 0 Å². The fraction of sp³-hybridized carbons (Fsp3) is 0.211. The van der Waals surface area contributed by atoms with Gasteiger partial charge in [0.05, 0.1) is 6.20 Å². The molecule has 0 atom stereocenters. The molecule has 0 saturated carbocycles. The molecule has 5 nitrogen and oxygen atoms in total. The topological polar surface area (TPSA) is 53.9 Å². The van der Waals surface area contributed by atoms with Gasteiger partial charge in [0.2, 0.25) is 5.95 Å². The van der Waals surface area contributed by atoms with Gasteiger partial charge >= 0.3 is 0 Å². The van der Waals surface area contributed by atoms with Crippen LogP contribution in [-0.4, -0.2) is 21.7 Å². The maximum absolute atomic E-state index is 5.91. The SMILES string of the molecule is Clc1ccc(CNc2nncc(N3CCc4ccccc4C3)n2)cc1. The Morgan fingerprint density at radius 3 is 2.68 bits per heavy atom. The van der Waals surface area contributed by atoms with Crippen LogP contribution in [0.15, 0.2) is 54.7 Å². The van der Waals surface area contributed by atoms with Crippen molar-refractivity contribution >= 4 is 23.4 Å². The summed E-state index contributed by atoms with van der Waals surface area (Å²) in [5.74, 6) is 1.38. The maximum Gasteiger partial charge on any atom is 0.244 e. The molecule has 0 fully saturated rings. The van der Waals surface area contributed by atoms with Gasteiger partial charge in [0.1, 0.15) is 0 Å². The second kappa shape index (κ2) is 7.07. The molecule has 6 heteroatoms. The number of hydrogen-bond donors (Lipinski definition) is 1. The van der Waals surface area contributed by atoms with Gasteiger partial charge in [0.15, 0.2) is 5.82 Å². The molecular formula is C19H18ClN5. The van der Waals surface area contributed by atoms with Crippen molar-refractivity contribution in [3.8, 4) is 0 Å². The van der Waals surface area contributed by atoms with Gasteiger partial charge in [-0.1, -0.05) is 48.0 Å². The van der Waals surface area contributed by atoms with E-state index < -0.39 is 0 Å². The molecule has 0 spiro atoms. The lowest BCUT2D eigenvalue weighted by atomic mass is 10.0. The molecule has 25 heavy (non-hydrogen) atoms. The van der Waals surface area contributed by atoms with Gasteiger partial charge in [-0.2, -0.15) is 10.1 Å². The predicted octanol–water partition coefficient (Wildman–Crippen LogP) is 3.70. The lowest BCUT2D eigenvalue weighted by Crippen LogP contribution is -2.31. The van der Waals surface area contributed by atoms with Crippen LogP contribution in [0, 0.1) is 0 Å². The van der Waals surface area contributed by atoms with E-state index in [4.69, 9.17) is 11.6 Å². The van der Waals surface area contributed by atoms with Crippen LogP contribution in [-0.2, 0) is 19.5 Å². The molecule has 0 unspecified atom stereocenters. The highest BCUT2D eigenvalue weighted by Gasteiger charge is 2.17. The zero-order valence-corrected chi connectivity index (χ0v) is 14.4. The summed E-state index contributed by atoms with van der Waals surface area (Å²) in [5, 5.41) is 12.1. The van der Waals surface area contributed by atoms with Crippen LogP contribution >= 0.6 is 11.6 Å². The molecule has 126 valence electrons. The van der Waals surface area contributed by atoms with Gasteiger partial charge in [0.25, 0.3) is 0 Å². The third-order valence-corrected chi connectivity index (χ3v) is 4.62. The maximum atomic E-state index is 5.91. The van der Waals surface area contributed by atoms with E-state index in [2.05, 4.69) is 49.7 Å². The molecule has 0 aliphatic carbocycles. The lowest BCUT2D eigenvalue weighted by molar-refractivity contribution is 0.714. The van der Waals surface area contributed by atoms with Crippen molar-refractivity contribution in [2.75, 3.05) is 16.8 Å². The van der Waals surface area contributed by atoms with E-state index in [-0.39, 0.29) is 0 Å². The Bertz CT molecular complexity index is 866. The summed E-state index contributed by atoms with van der Waals surface area (Å²) in [6.45, 7) is 2.42. The van der Waals surface area contributed by atoms with Gasteiger partial charge in [-0.3, -0.25) is 0 Å². The van der Waals surface area contributed by atoms with Gasteiger partial charge in [0, 0.05) is 24.7 Å². The summed E-state index contributed by atoms with van der Waals surface area (Å²) in [4.78, 5) is 6.86. The average Bonchev–Trinajstić information content (AvgIpc) is 2.67. The summed E-state index contributed by atoms with van der Waals surface area (Å²) in [5.41, 5.74) is 3.88. The Kier molecular flexibility index (Phi) is 4.48. The molecule has 0 bridgehead atoms. The Morgan fingerprint density at radius 2 is 1.84 bits per heavy atom. The predicted molar refractivity (Wildman–Crippen MR) is 99.8 cm³/mol. The van der Waals surface area contributed by atoms with Crippen LogP contribution in [0.25, 0.3) is 0 Å². The normalized spacial score (nSPS) is 13.4. The van der Waals surface area contributed by atoms with Crippen LogP contribution in [0.2, 0.25) is 5.02 Å². The summed E-state index contributed by atoms with van der Waals surface area (Å²) in [7, 11) is 0. The molecule has 1 N–H and O–H groups in total. The first kappa shape index (κ1) is 15.8. The number of halogens is 1. The molecule has 0 radical (unpaired) electrons. The van der Waals surface area contributed by atoms with Crippen molar-refractivity contribution < 1.29 is 0 Å². The van der Waals surface area contributed by atoms with E-state index in [0.29, 0.717) is 12.5 Å². The molecule has 1 aliphatic heterocycles. The van der Waals surface area contributed by atoms with Gasteiger partial charge in [-0.25, -0.2) is 0 Å². The summed E-state index contributed by atoms with van der Waals surface area (Å²) in [6, 6.07) is 16.3. The number of anilines is 2. The quantitative estimate of drug-likeness (QED) is 0.776. The summed E-state index contributed by atoms with van der Waals surface area (Å²) < 4.78 is 0. The first-order valence-electron chi connectivity index (χ1n) is 8.28. The first-order valence-corrected chi connectivity index (χ1v) is 8.65. The van der Waals surface area contributed by atoms with Crippen LogP contribution < -0.4 is 10.2 Å². The van der Waals surface area contributed by atoms with Crippen molar-refractivity contribution in [3.63, 3.8) is 0 Å². The number of rotatable bonds is 4. The third-order valence-electron chi connectivity index (χ3n) is 4.36. The van der Waals surface area contributed by atoms with Crippen LogP contribution in [0.1, 0.15) is 16.7 Å². The van der Waals surface area contributed by atoms with E-state index in [9.17, 15) is 0 Å². The smallest absolute Gasteiger partial charge is 0.244 e. The Balaban J connectivity index is 1.45. The molecule has 1 aliphatic rings. The first-order chi connectivity index (χ1) is 12.3. The van der Waals surface area contributed by atoms with Crippen LogP contribution in [0.4, 0.5) is 11.8 Å². The van der Waals surface area contributed by atoms with E-state index >= 15 is 0 Å². The number of fused-ring (bicyclic) bond motifs is 1. The molecular weight excluding hydrogens is 334 g/mol. The highest BCUT2D eigenvalue weighted by molar-refractivity contribution is 6.30. The fourth-order valence-corrected chi connectivity index (χ4v) is 3.12. The number of nitrogens with zero attached hydrogens (tertiary/aromatic N) is 4. The van der Waals surface area contributed by atoms with Gasteiger partial charge < -0.3 is 10.2 Å². The second-order valence-electron chi connectivity index (χ2n) is 6.06. The van der Waals surface area contributed by atoms with E-state index in [1.807, 2.05) is 24.3 Å². The zero-order chi connectivity index (χ0) is 17.1. The highest BCUT2D eigenvalue weighted by atomic mass is 35.5. The molecule has 0 saturated heterocycles. The van der Waals surface area contributed by atoms with E-state index in [1.165, 1.54) is 11.1 Å². The van der Waals surface area contributed by atoms with Gasteiger partial charge in [-0.05, 0) is 35.2 Å². The van der Waals surface area contributed by atoms with Crippen molar-refractivity contribution in [2.45, 2.75) is 19.5 Å². The molecule has 2 aromatic carbocycles. The molecule has 4 rings (SSSR count). The highest BCUT2D eigenvalue weighted by Crippen LogP contribution is 2.22. The number of benzene rings is 2. The molecule has 0 amide bonds. The molecule has 1 aromatic heterocycles. The number of hydrogen-bond acceptors (Lipinski definition) is 5. The lowest BCUT2D eigenvalue weighted by Gasteiger charge is -2.29. The summed E-state index contributed by atoms with van der Waals surface area (Å²) >= 11 is 5.91. The number of aromatic nitrogens is 3. The standard InChI is InChI=1S/C19H18ClN5/c20-17-7-5-14(6-8-17)11-21-19-23-18(12-22-24-19)25-10-9-15-3-1-2-4-16(15)13-25/h1-8,12H,9-11,13H2,(H,21,23,24). The Morgan fingerprint density at radius 1 is 1.04 bits per heavy atom. The minimum atomic E-state index is 0.534. The molecule has 2 heterocycles. The van der Waals surface area contributed by atoms with Crippen LogP contribution in [0.5, 0.6) is 0 Å². The largest absolute Gasteiger partial charge is 0.350 e. The fourth-order valence-electron chi connectivity index (χ4n) is 3.00. The van der Waals surface area contributed by atoms with Crippen LogP contribution in [0.3, 0.4) is 0 Å². The van der Waals surface area contributed by atoms with E-state index in [1.54, 1.807) is 6.20 Å². The Labute approximate surface area is 151 Å². The molecule has 3 aromatic rings. The monoisotopic (exact) mass is 351 g/mol. The Hall–Kier alpha value is -2.66. The van der Waals surface area contributed by atoms with Crippen molar-refractivity contribution in [3.05, 3.63) is 76.4 Å². The number of nitrogens with one attached hydrogen (secondary N) is 1. The summed E-state index contributed by atoms with van der Waals surface area (Å²) in [6.07, 6.45) is 2.75. The van der Waals surface area contributed by atoms with Crippen molar-refractivity contribution in [1.29, 1.82) is 0 Å². The zero-order valence-electron chi connectivity index (χ0n) is 13.7. The van der Waals surface area contributed by atoms with Gasteiger partial charge in [-0.15, -0.1) is 5.10 Å². The minimum Gasteiger partial charge on any atom is -0.350 e. The van der Waals surface area contributed by atoms with E-state index in [0.717, 1.165) is 35.9 Å². The average molecular weight is 352 g/mol.